The molecule has 1 aliphatic rings. The van der Waals surface area contributed by atoms with Crippen LogP contribution in [0.5, 0.6) is 0 Å². The molecule has 316 valence electrons. The summed E-state index contributed by atoms with van der Waals surface area (Å²) < 4.78 is 16.4. The van der Waals surface area contributed by atoms with Crippen molar-refractivity contribution in [2.75, 3.05) is 6.54 Å². The zero-order chi connectivity index (χ0) is 44.0. The number of nitro groups is 1. The molecule has 0 fully saturated rings. The summed E-state index contributed by atoms with van der Waals surface area (Å²) in [6, 6.07) is 11.6. The number of nitro benzene ring substituents is 1. The average molecular weight is 836 g/mol. The largest absolute Gasteiger partial charge is 0.481 e. The minimum absolute atomic E-state index is 0.0183. The highest BCUT2D eigenvalue weighted by molar-refractivity contribution is 7.12. The first-order valence-corrected chi connectivity index (χ1v) is 19.4. The van der Waals surface area contributed by atoms with Gasteiger partial charge in [-0.05, 0) is 98.1 Å². The van der Waals surface area contributed by atoms with E-state index in [0.717, 1.165) is 10.4 Å². The minimum atomic E-state index is -1.20. The van der Waals surface area contributed by atoms with Crippen molar-refractivity contribution < 1.29 is 53.0 Å². The van der Waals surface area contributed by atoms with Gasteiger partial charge >= 0.3 is 24.2 Å². The molecule has 5 amide bonds. The van der Waals surface area contributed by atoms with Gasteiger partial charge in [0.15, 0.2) is 5.84 Å². The number of amidine groups is 1. The Hall–Kier alpha value is -6.17. The second kappa shape index (κ2) is 18.2. The topological polar surface area (TPSA) is 224 Å². The fourth-order valence-corrected chi connectivity index (χ4v) is 6.88. The number of hydrogen-bond donors (Lipinski definition) is 2. The maximum atomic E-state index is 14.1. The molecule has 1 aliphatic heterocycles. The number of ether oxygens (including phenoxy) is 3. The molecule has 0 aliphatic carbocycles. The second-order valence-electron chi connectivity index (χ2n) is 16.7. The standard InChI is InChI=1S/C41H49N5O12S/c1-39(2,3)56-36(51)43-33(45(37(52)57-40(4,5)6)38(53)58-41(7,8)9)25-12-14-26(15-13-25)34(49)42-30(20-24-10-16-28(17-11-24)46(54)55)35(50)44-19-18-31-27(23-44)21-29(59-31)22-32(47)48/h10-17,21,30H,18-20,22-23H2,1-9H3,(H,42,49)(H,47,48)/t30-/m0/s1. The fraction of sp³-hybridized carbons (Fsp3) is 0.439. The van der Waals surface area contributed by atoms with Gasteiger partial charge in [0.05, 0.1) is 11.3 Å². The third-order valence-corrected chi connectivity index (χ3v) is 9.34. The van der Waals surface area contributed by atoms with Crippen LogP contribution in [-0.4, -0.2) is 91.1 Å². The number of hydrogen-bond acceptors (Lipinski definition) is 12. The lowest BCUT2D eigenvalue weighted by molar-refractivity contribution is -0.384. The van der Waals surface area contributed by atoms with Gasteiger partial charge in [-0.3, -0.25) is 24.5 Å². The average Bonchev–Trinajstić information content (AvgIpc) is 3.49. The summed E-state index contributed by atoms with van der Waals surface area (Å²) in [6.45, 7) is 14.8. The SMILES string of the molecule is CC(C)(C)OC(=O)N=C(c1ccc(C(=O)N[C@@H](Cc2ccc([N+](=O)[O-])cc2)C(=O)N2CCc3sc(CC(=O)O)cc3C2)cc1)N(C(=O)OC(C)(C)C)C(=O)OC(C)(C)C. The Bertz CT molecular complexity index is 2100. The predicted octanol–water partition coefficient (Wildman–Crippen LogP) is 7.06. The van der Waals surface area contributed by atoms with E-state index >= 15 is 0 Å². The predicted molar refractivity (Wildman–Crippen MR) is 216 cm³/mol. The number of fused-ring (bicyclic) bond motifs is 1. The van der Waals surface area contributed by atoms with Crippen molar-refractivity contribution in [2.45, 2.75) is 111 Å². The fourth-order valence-electron chi connectivity index (χ4n) is 5.72. The number of aliphatic imine (C=N–C) groups is 1. The number of amides is 5. The van der Waals surface area contributed by atoms with Crippen molar-refractivity contribution in [3.8, 4) is 0 Å². The van der Waals surface area contributed by atoms with E-state index in [1.165, 1.54) is 59.9 Å². The Morgan fingerprint density at radius 2 is 1.41 bits per heavy atom. The molecule has 2 aromatic carbocycles. The second-order valence-corrected chi connectivity index (χ2v) is 17.9. The van der Waals surface area contributed by atoms with E-state index in [0.29, 0.717) is 28.3 Å². The van der Waals surface area contributed by atoms with Gasteiger partial charge in [-0.1, -0.05) is 24.3 Å². The van der Waals surface area contributed by atoms with Crippen LogP contribution in [0, 0.1) is 10.1 Å². The van der Waals surface area contributed by atoms with Crippen LogP contribution < -0.4 is 5.32 Å². The summed E-state index contributed by atoms with van der Waals surface area (Å²) >= 11 is 1.39. The Labute approximate surface area is 345 Å². The Kier molecular flexibility index (Phi) is 14.0. The van der Waals surface area contributed by atoms with Gasteiger partial charge in [-0.25, -0.2) is 14.4 Å². The summed E-state index contributed by atoms with van der Waals surface area (Å²) in [5.74, 6) is -2.59. The molecule has 2 N–H and O–H groups in total. The number of carbonyl (C=O) groups excluding carboxylic acids is 5. The molecule has 17 nitrogen and oxygen atoms in total. The van der Waals surface area contributed by atoms with E-state index in [1.807, 2.05) is 0 Å². The van der Waals surface area contributed by atoms with Crippen LogP contribution in [0.3, 0.4) is 0 Å². The van der Waals surface area contributed by atoms with Crippen molar-refractivity contribution >= 4 is 58.9 Å². The number of aliphatic carboxylic acids is 1. The number of carboxylic acids is 1. The summed E-state index contributed by atoms with van der Waals surface area (Å²) in [4.78, 5) is 98.0. The lowest BCUT2D eigenvalue weighted by atomic mass is 10.0. The van der Waals surface area contributed by atoms with Crippen LogP contribution in [-0.2, 0) is 49.6 Å². The summed E-state index contributed by atoms with van der Waals surface area (Å²) in [5.41, 5.74) is -1.89. The molecule has 4 rings (SSSR count). The summed E-state index contributed by atoms with van der Waals surface area (Å²) in [7, 11) is 0. The van der Waals surface area contributed by atoms with Crippen molar-refractivity contribution in [3.05, 3.63) is 96.7 Å². The lowest BCUT2D eigenvalue weighted by Crippen LogP contribution is -2.50. The number of benzene rings is 2. The van der Waals surface area contributed by atoms with Gasteiger partial charge in [-0.2, -0.15) is 9.89 Å². The number of nitrogens with zero attached hydrogens (tertiary/aromatic N) is 4. The molecule has 0 unspecified atom stereocenters. The molecule has 0 radical (unpaired) electrons. The van der Waals surface area contributed by atoms with Gasteiger partial charge in [0.1, 0.15) is 22.8 Å². The number of imide groups is 1. The molecular formula is C41H49N5O12S. The summed E-state index contributed by atoms with van der Waals surface area (Å²) in [5, 5.41) is 23.3. The molecule has 1 atom stereocenters. The maximum Gasteiger partial charge on any atom is 0.436 e. The van der Waals surface area contributed by atoms with E-state index in [9.17, 15) is 44.0 Å². The number of carboxylic acid groups (broad SMARTS) is 1. The van der Waals surface area contributed by atoms with Crippen LogP contribution in [0.15, 0.2) is 59.6 Å². The van der Waals surface area contributed by atoms with E-state index in [2.05, 4.69) is 10.3 Å². The van der Waals surface area contributed by atoms with Crippen LogP contribution in [0.2, 0.25) is 0 Å². The first-order chi connectivity index (χ1) is 27.3. The number of non-ortho nitro benzene ring substituents is 1. The molecule has 0 saturated carbocycles. The number of rotatable bonds is 9. The number of nitrogens with one attached hydrogen (secondary N) is 1. The molecule has 0 spiro atoms. The molecule has 59 heavy (non-hydrogen) atoms. The molecule has 3 aromatic rings. The van der Waals surface area contributed by atoms with E-state index in [-0.39, 0.29) is 36.2 Å². The van der Waals surface area contributed by atoms with Gasteiger partial charge in [-0.15, -0.1) is 11.3 Å². The third-order valence-electron chi connectivity index (χ3n) is 8.11. The van der Waals surface area contributed by atoms with Crippen molar-refractivity contribution in [2.24, 2.45) is 4.99 Å². The normalized spacial score (nSPS) is 13.7. The molecule has 2 heterocycles. The smallest absolute Gasteiger partial charge is 0.436 e. The van der Waals surface area contributed by atoms with Crippen LogP contribution >= 0.6 is 11.3 Å². The third kappa shape index (κ3) is 13.4. The number of thiophene rings is 1. The zero-order valence-corrected chi connectivity index (χ0v) is 35.3. The molecular weight excluding hydrogens is 787 g/mol. The zero-order valence-electron chi connectivity index (χ0n) is 34.4. The minimum Gasteiger partial charge on any atom is -0.481 e. The molecule has 1 aromatic heterocycles. The van der Waals surface area contributed by atoms with Crippen LogP contribution in [0.1, 0.15) is 99.1 Å². The van der Waals surface area contributed by atoms with Gasteiger partial charge in [0.2, 0.25) is 5.91 Å². The van der Waals surface area contributed by atoms with Gasteiger partial charge in [0, 0.05) is 52.5 Å². The first kappa shape index (κ1) is 45.5. The molecule has 0 saturated heterocycles. The summed E-state index contributed by atoms with van der Waals surface area (Å²) in [6.07, 6.45) is -3.21. The van der Waals surface area contributed by atoms with E-state index in [4.69, 9.17) is 14.2 Å². The number of carbonyl (C=O) groups is 6. The first-order valence-electron chi connectivity index (χ1n) is 18.6. The monoisotopic (exact) mass is 835 g/mol. The van der Waals surface area contributed by atoms with Gasteiger partial charge < -0.3 is 29.5 Å². The highest BCUT2D eigenvalue weighted by atomic mass is 32.1. The van der Waals surface area contributed by atoms with E-state index < -0.39 is 69.7 Å². The quantitative estimate of drug-likeness (QED) is 0.0726. The van der Waals surface area contributed by atoms with Crippen LogP contribution in [0.4, 0.5) is 20.1 Å². The van der Waals surface area contributed by atoms with Crippen molar-refractivity contribution in [3.63, 3.8) is 0 Å². The van der Waals surface area contributed by atoms with Crippen molar-refractivity contribution in [1.82, 2.24) is 15.1 Å². The molecule has 0 bridgehead atoms. The Morgan fingerprint density at radius 3 is 1.92 bits per heavy atom. The lowest BCUT2D eigenvalue weighted by Gasteiger charge is -2.31. The maximum absolute atomic E-state index is 14.1. The molecule has 18 heteroatoms. The Morgan fingerprint density at radius 1 is 0.864 bits per heavy atom. The van der Waals surface area contributed by atoms with Gasteiger partial charge in [0.25, 0.3) is 11.6 Å². The highest BCUT2D eigenvalue weighted by Gasteiger charge is 2.37. The van der Waals surface area contributed by atoms with Crippen LogP contribution in [0.25, 0.3) is 0 Å². The van der Waals surface area contributed by atoms with Crippen molar-refractivity contribution in [1.29, 1.82) is 0 Å². The Balaban J connectivity index is 1.69. The van der Waals surface area contributed by atoms with E-state index in [1.54, 1.807) is 73.3 Å². The highest BCUT2D eigenvalue weighted by Crippen LogP contribution is 2.29.